The van der Waals surface area contributed by atoms with Crippen LogP contribution in [-0.4, -0.2) is 0 Å². The summed E-state index contributed by atoms with van der Waals surface area (Å²) >= 11 is 0. The Labute approximate surface area is 364 Å². The van der Waals surface area contributed by atoms with Crippen LogP contribution < -0.4 is 16.0 Å². The van der Waals surface area contributed by atoms with Crippen molar-refractivity contribution in [1.29, 1.82) is 0 Å². The van der Waals surface area contributed by atoms with Crippen molar-refractivity contribution in [3.63, 3.8) is 0 Å². The van der Waals surface area contributed by atoms with Crippen molar-refractivity contribution in [2.45, 2.75) is 18.0 Å². The van der Waals surface area contributed by atoms with Crippen LogP contribution in [-0.2, 0) is 12.0 Å². The van der Waals surface area contributed by atoms with E-state index in [4.69, 9.17) is 5.73 Å². The summed E-state index contributed by atoms with van der Waals surface area (Å²) in [6.07, 6.45) is 2.16. The molecule has 3 nitrogen and oxygen atoms in total. The molecule has 1 heterocycles. The molecule has 0 saturated heterocycles. The molecular formula is C59H45N3. The lowest BCUT2D eigenvalue weighted by Gasteiger charge is -2.45. The third-order valence-electron chi connectivity index (χ3n) is 12.7. The third kappa shape index (κ3) is 6.34. The predicted octanol–water partition coefficient (Wildman–Crippen LogP) is 14.0. The largest absolute Gasteiger partial charge is 0.381 e. The molecule has 296 valence electrons. The van der Waals surface area contributed by atoms with Gasteiger partial charge in [0.2, 0.25) is 0 Å². The minimum absolute atomic E-state index is 0.283. The Morgan fingerprint density at radius 1 is 0.468 bits per heavy atom. The molecule has 0 aromatic heterocycles. The number of para-hydroxylation sites is 3. The summed E-state index contributed by atoms with van der Waals surface area (Å²) in [7, 11) is 0. The van der Waals surface area contributed by atoms with Crippen LogP contribution in [0.25, 0.3) is 39.1 Å². The van der Waals surface area contributed by atoms with Gasteiger partial charge in [-0.25, -0.2) is 0 Å². The number of nitrogens with one attached hydrogen (secondary N) is 1. The van der Waals surface area contributed by atoms with Crippen LogP contribution >= 0.6 is 0 Å². The molecule has 1 atom stereocenters. The average Bonchev–Trinajstić information content (AvgIpc) is 3.64. The SMILES string of the molecule is NC(/C=C(\NCc1ccc(-c2ccccc2)cc1)c1cccc(-c2ccc3c(c2)-c2ccccc2C32c3ccccc3N(c3ccccc3)c3ccccc32)c1)c1ccccc1. The van der Waals surface area contributed by atoms with Gasteiger partial charge in [-0.05, 0) is 115 Å². The molecule has 9 aromatic rings. The zero-order valence-corrected chi connectivity index (χ0v) is 34.3. The molecule has 0 fully saturated rings. The number of anilines is 3. The summed E-state index contributed by atoms with van der Waals surface area (Å²) < 4.78 is 0. The van der Waals surface area contributed by atoms with E-state index in [0.717, 1.165) is 28.1 Å². The van der Waals surface area contributed by atoms with Gasteiger partial charge in [-0.2, -0.15) is 0 Å². The van der Waals surface area contributed by atoms with Crippen LogP contribution in [0.2, 0.25) is 0 Å². The third-order valence-corrected chi connectivity index (χ3v) is 12.7. The summed E-state index contributed by atoms with van der Waals surface area (Å²) in [5, 5.41) is 3.80. The minimum atomic E-state index is -0.489. The van der Waals surface area contributed by atoms with E-state index < -0.39 is 5.41 Å². The van der Waals surface area contributed by atoms with Crippen molar-refractivity contribution >= 4 is 22.8 Å². The van der Waals surface area contributed by atoms with Crippen LogP contribution in [0.5, 0.6) is 0 Å². The van der Waals surface area contributed by atoms with Crippen LogP contribution in [0.4, 0.5) is 17.1 Å². The van der Waals surface area contributed by atoms with Crippen molar-refractivity contribution in [3.05, 3.63) is 276 Å². The molecule has 1 unspecified atom stereocenters. The molecule has 0 saturated carbocycles. The van der Waals surface area contributed by atoms with Gasteiger partial charge >= 0.3 is 0 Å². The molecule has 62 heavy (non-hydrogen) atoms. The standard InChI is InChI=1S/C59H45N3/c60-55(44-19-6-2-7-20-44)39-56(61-40-41-31-33-43(34-32-41)42-17-4-1-5-18-42)47-22-16-21-45(37-47)46-35-36-52-50(38-46)49-25-10-11-26-51(49)59(52)53-27-12-14-29-57(53)62(48-23-8-3-9-24-48)58-30-15-13-28-54(58)59/h1-39,55,61H,40,60H2/b56-39-. The average molecular weight is 796 g/mol. The van der Waals surface area contributed by atoms with Gasteiger partial charge in [-0.1, -0.05) is 194 Å². The first-order valence-electron chi connectivity index (χ1n) is 21.5. The van der Waals surface area contributed by atoms with E-state index >= 15 is 0 Å². The molecule has 0 bridgehead atoms. The maximum atomic E-state index is 6.90. The number of benzene rings is 9. The van der Waals surface area contributed by atoms with E-state index in [0.29, 0.717) is 6.54 Å². The Balaban J connectivity index is 0.996. The molecule has 3 heteroatoms. The highest BCUT2D eigenvalue weighted by Gasteiger charge is 2.51. The van der Waals surface area contributed by atoms with Gasteiger partial charge in [0.05, 0.1) is 22.8 Å². The number of nitrogens with zero attached hydrogens (tertiary/aromatic N) is 1. The Bertz CT molecular complexity index is 3030. The van der Waals surface area contributed by atoms with Gasteiger partial charge < -0.3 is 16.0 Å². The van der Waals surface area contributed by atoms with E-state index in [2.05, 4.69) is 229 Å². The zero-order valence-electron chi connectivity index (χ0n) is 34.3. The Hall–Kier alpha value is -7.72. The first kappa shape index (κ1) is 37.3. The number of nitrogens with two attached hydrogens (primary N) is 1. The Morgan fingerprint density at radius 2 is 1.00 bits per heavy atom. The van der Waals surface area contributed by atoms with Gasteiger partial charge in [-0.3, -0.25) is 0 Å². The van der Waals surface area contributed by atoms with Crippen molar-refractivity contribution < 1.29 is 0 Å². The van der Waals surface area contributed by atoms with Crippen LogP contribution in [0.1, 0.15) is 45.0 Å². The first-order valence-corrected chi connectivity index (χ1v) is 21.5. The highest BCUT2D eigenvalue weighted by molar-refractivity contribution is 5.96. The van der Waals surface area contributed by atoms with Gasteiger partial charge in [0.15, 0.2) is 0 Å². The van der Waals surface area contributed by atoms with Crippen molar-refractivity contribution in [2.24, 2.45) is 5.73 Å². The van der Waals surface area contributed by atoms with Gasteiger partial charge in [0, 0.05) is 17.9 Å². The highest BCUT2D eigenvalue weighted by Crippen LogP contribution is 2.63. The van der Waals surface area contributed by atoms with Gasteiger partial charge in [-0.15, -0.1) is 0 Å². The molecule has 1 spiro atoms. The number of fused-ring (bicyclic) bond motifs is 9. The lowest BCUT2D eigenvalue weighted by molar-refractivity contribution is 0.753. The van der Waals surface area contributed by atoms with Crippen LogP contribution in [0.15, 0.2) is 237 Å². The fraction of sp³-hybridized carbons (Fsp3) is 0.0508. The molecular weight excluding hydrogens is 751 g/mol. The first-order chi connectivity index (χ1) is 30.7. The molecule has 11 rings (SSSR count). The van der Waals surface area contributed by atoms with Crippen LogP contribution in [0, 0.1) is 0 Å². The molecule has 0 amide bonds. The fourth-order valence-electron chi connectivity index (χ4n) is 9.86. The lowest BCUT2D eigenvalue weighted by atomic mass is 9.64. The van der Waals surface area contributed by atoms with E-state index in [-0.39, 0.29) is 6.04 Å². The van der Waals surface area contributed by atoms with Crippen LogP contribution in [0.3, 0.4) is 0 Å². The summed E-state index contributed by atoms with van der Waals surface area (Å²) in [5.74, 6) is 0. The van der Waals surface area contributed by atoms with Gasteiger partial charge in [0.1, 0.15) is 0 Å². The van der Waals surface area contributed by atoms with E-state index in [1.54, 1.807) is 0 Å². The predicted molar refractivity (Wildman–Crippen MR) is 257 cm³/mol. The highest BCUT2D eigenvalue weighted by atomic mass is 15.2. The van der Waals surface area contributed by atoms with Crippen molar-refractivity contribution in [2.75, 3.05) is 4.90 Å². The normalized spacial score (nSPS) is 13.8. The van der Waals surface area contributed by atoms with E-state index in [1.807, 2.05) is 18.2 Å². The summed E-state index contributed by atoms with van der Waals surface area (Å²) in [6, 6.07) is 83.1. The second-order valence-electron chi connectivity index (χ2n) is 16.3. The van der Waals surface area contributed by atoms with E-state index in [9.17, 15) is 0 Å². The molecule has 1 aliphatic carbocycles. The molecule has 1 aliphatic heterocycles. The molecule has 3 N–H and O–H groups in total. The quantitative estimate of drug-likeness (QED) is 0.153. The molecule has 9 aromatic carbocycles. The Morgan fingerprint density at radius 3 is 1.71 bits per heavy atom. The Kier molecular flexibility index (Phi) is 9.45. The maximum Gasteiger partial charge on any atom is 0.0754 e. The number of rotatable bonds is 9. The smallest absolute Gasteiger partial charge is 0.0754 e. The monoisotopic (exact) mass is 795 g/mol. The second-order valence-corrected chi connectivity index (χ2v) is 16.3. The lowest BCUT2D eigenvalue weighted by Crippen LogP contribution is -2.36. The second kappa shape index (κ2) is 15.7. The van der Waals surface area contributed by atoms with Gasteiger partial charge in [0.25, 0.3) is 0 Å². The summed E-state index contributed by atoms with van der Waals surface area (Å²) in [6.45, 7) is 0.662. The topological polar surface area (TPSA) is 41.3 Å². The molecule has 0 radical (unpaired) electrons. The van der Waals surface area contributed by atoms with Crippen molar-refractivity contribution in [1.82, 2.24) is 5.32 Å². The number of hydrogen-bond donors (Lipinski definition) is 2. The number of hydrogen-bond acceptors (Lipinski definition) is 3. The zero-order chi connectivity index (χ0) is 41.5. The minimum Gasteiger partial charge on any atom is -0.381 e. The van der Waals surface area contributed by atoms with Crippen molar-refractivity contribution in [3.8, 4) is 33.4 Å². The fourth-order valence-corrected chi connectivity index (χ4v) is 9.86. The maximum absolute atomic E-state index is 6.90. The van der Waals surface area contributed by atoms with E-state index in [1.165, 1.54) is 67.0 Å². The summed E-state index contributed by atoms with van der Waals surface area (Å²) in [4.78, 5) is 2.43. The summed E-state index contributed by atoms with van der Waals surface area (Å²) in [5.41, 5.74) is 26.8. The molecule has 2 aliphatic rings.